The summed E-state index contributed by atoms with van der Waals surface area (Å²) in [6.07, 6.45) is 1.55. The number of carbonyl (C=O) groups excluding carboxylic acids is 1. The van der Waals surface area contributed by atoms with Gasteiger partial charge in [-0.1, -0.05) is 0 Å². The second-order valence-electron chi connectivity index (χ2n) is 2.57. The van der Waals surface area contributed by atoms with Gasteiger partial charge >= 0.3 is 0 Å². The van der Waals surface area contributed by atoms with Crippen molar-refractivity contribution in [2.24, 2.45) is 0 Å². The first-order chi connectivity index (χ1) is 6.22. The molecule has 0 atom stereocenters. The van der Waals surface area contributed by atoms with Crippen molar-refractivity contribution in [2.75, 3.05) is 0 Å². The van der Waals surface area contributed by atoms with Crippen molar-refractivity contribution in [1.29, 1.82) is 5.26 Å². The topological polar surface area (TPSA) is 65.8 Å². The molecule has 4 heteroatoms. The highest BCUT2D eigenvalue weighted by Crippen LogP contribution is 1.99. The lowest BCUT2D eigenvalue weighted by Crippen LogP contribution is -2.18. The first kappa shape index (κ1) is 9.20. The molecule has 66 valence electrons. The van der Waals surface area contributed by atoms with Crippen LogP contribution < -0.4 is 5.32 Å². The molecule has 0 saturated carbocycles. The predicted octanol–water partition coefficient (Wildman–Crippen LogP) is 0.589. The van der Waals surface area contributed by atoms with Crippen molar-refractivity contribution in [3.05, 3.63) is 29.6 Å². The van der Waals surface area contributed by atoms with E-state index in [0.717, 1.165) is 5.56 Å². The molecule has 0 bridgehead atoms. The summed E-state index contributed by atoms with van der Waals surface area (Å²) in [6.45, 7) is 1.89. The molecular weight excluding hydrogens is 166 g/mol. The summed E-state index contributed by atoms with van der Waals surface area (Å²) in [6, 6.07) is 5.34. The molecule has 13 heavy (non-hydrogen) atoms. The number of amides is 1. The van der Waals surface area contributed by atoms with Crippen LogP contribution in [0.25, 0.3) is 0 Å². The molecule has 1 N–H and O–H groups in total. The fourth-order valence-corrected chi connectivity index (χ4v) is 0.872. The summed E-state index contributed by atoms with van der Waals surface area (Å²) < 4.78 is 0. The van der Waals surface area contributed by atoms with Crippen molar-refractivity contribution in [2.45, 2.75) is 13.5 Å². The van der Waals surface area contributed by atoms with E-state index in [2.05, 4.69) is 10.3 Å². The lowest BCUT2D eigenvalue weighted by atomic mass is 10.2. The maximum atomic E-state index is 10.6. The van der Waals surface area contributed by atoms with Crippen molar-refractivity contribution < 1.29 is 4.79 Å². The Kier molecular flexibility index (Phi) is 2.98. The Morgan fingerprint density at radius 3 is 3.15 bits per heavy atom. The van der Waals surface area contributed by atoms with Crippen LogP contribution in [0, 0.1) is 11.3 Å². The Bertz CT molecular complexity index is 354. The van der Waals surface area contributed by atoms with Gasteiger partial charge in [-0.3, -0.25) is 4.79 Å². The number of carbonyl (C=O) groups is 1. The van der Waals surface area contributed by atoms with E-state index < -0.39 is 0 Å². The van der Waals surface area contributed by atoms with Gasteiger partial charge in [-0.2, -0.15) is 5.26 Å². The molecule has 0 radical (unpaired) electrons. The number of nitriles is 1. The highest BCUT2D eigenvalue weighted by molar-refractivity contribution is 5.72. The normalized spacial score (nSPS) is 8.92. The Morgan fingerprint density at radius 1 is 1.77 bits per heavy atom. The standard InChI is InChI=1S/C9H9N3O/c1-7(13)12-6-8-2-3-11-9(4-8)5-10/h2-4H,6H2,1H3,(H,12,13). The van der Waals surface area contributed by atoms with Gasteiger partial charge in [0.2, 0.25) is 5.91 Å². The Morgan fingerprint density at radius 2 is 2.54 bits per heavy atom. The number of hydrogen-bond donors (Lipinski definition) is 1. The van der Waals surface area contributed by atoms with Gasteiger partial charge in [0.15, 0.2) is 0 Å². The monoisotopic (exact) mass is 175 g/mol. The number of rotatable bonds is 2. The van der Waals surface area contributed by atoms with E-state index in [1.165, 1.54) is 6.92 Å². The number of aromatic nitrogens is 1. The van der Waals surface area contributed by atoms with Crippen LogP contribution in [0.15, 0.2) is 18.3 Å². The van der Waals surface area contributed by atoms with Crippen LogP contribution in [0.1, 0.15) is 18.2 Å². The molecule has 0 aliphatic rings. The zero-order valence-electron chi connectivity index (χ0n) is 7.24. The third-order valence-corrected chi connectivity index (χ3v) is 1.48. The SMILES string of the molecule is CC(=O)NCc1ccnc(C#N)c1. The minimum Gasteiger partial charge on any atom is -0.352 e. The summed E-state index contributed by atoms with van der Waals surface area (Å²) in [4.78, 5) is 14.4. The van der Waals surface area contributed by atoms with Crippen LogP contribution >= 0.6 is 0 Å². The van der Waals surface area contributed by atoms with Crippen LogP contribution in [-0.4, -0.2) is 10.9 Å². The van der Waals surface area contributed by atoms with Gasteiger partial charge < -0.3 is 5.32 Å². The van der Waals surface area contributed by atoms with Crippen molar-refractivity contribution in [3.8, 4) is 6.07 Å². The largest absolute Gasteiger partial charge is 0.352 e. The van der Waals surface area contributed by atoms with Gasteiger partial charge in [-0.05, 0) is 17.7 Å². The lowest BCUT2D eigenvalue weighted by molar-refractivity contribution is -0.119. The van der Waals surface area contributed by atoms with Crippen LogP contribution in [0.4, 0.5) is 0 Å². The number of nitrogens with one attached hydrogen (secondary N) is 1. The molecule has 0 aromatic carbocycles. The van der Waals surface area contributed by atoms with Crippen molar-refractivity contribution in [1.82, 2.24) is 10.3 Å². The third-order valence-electron chi connectivity index (χ3n) is 1.48. The average molecular weight is 175 g/mol. The smallest absolute Gasteiger partial charge is 0.217 e. The maximum Gasteiger partial charge on any atom is 0.217 e. The number of nitrogens with zero attached hydrogens (tertiary/aromatic N) is 2. The van der Waals surface area contributed by atoms with E-state index in [-0.39, 0.29) is 5.91 Å². The van der Waals surface area contributed by atoms with Gasteiger partial charge in [0.1, 0.15) is 11.8 Å². The van der Waals surface area contributed by atoms with Crippen LogP contribution in [-0.2, 0) is 11.3 Å². The minimum atomic E-state index is -0.0877. The Balaban J connectivity index is 2.68. The quantitative estimate of drug-likeness (QED) is 0.715. The highest BCUT2D eigenvalue weighted by Gasteiger charge is 1.96. The molecule has 0 saturated heterocycles. The summed E-state index contributed by atoms with van der Waals surface area (Å²) in [5, 5.41) is 11.2. The zero-order chi connectivity index (χ0) is 9.68. The van der Waals surface area contributed by atoms with Gasteiger partial charge in [0.05, 0.1) is 0 Å². The first-order valence-corrected chi connectivity index (χ1v) is 3.82. The van der Waals surface area contributed by atoms with Crippen LogP contribution in [0.3, 0.4) is 0 Å². The summed E-state index contributed by atoms with van der Waals surface area (Å²) in [7, 11) is 0. The Labute approximate surface area is 76.2 Å². The molecule has 1 aromatic rings. The van der Waals surface area contributed by atoms with E-state index >= 15 is 0 Å². The van der Waals surface area contributed by atoms with E-state index in [1.807, 2.05) is 6.07 Å². The van der Waals surface area contributed by atoms with Gasteiger partial charge in [-0.25, -0.2) is 4.98 Å². The fourth-order valence-electron chi connectivity index (χ4n) is 0.872. The van der Waals surface area contributed by atoms with Crippen LogP contribution in [0.5, 0.6) is 0 Å². The second-order valence-corrected chi connectivity index (χ2v) is 2.57. The molecule has 0 aliphatic heterocycles. The molecule has 0 unspecified atom stereocenters. The van der Waals surface area contributed by atoms with Gasteiger partial charge in [0, 0.05) is 19.7 Å². The third kappa shape index (κ3) is 2.91. The molecule has 0 fully saturated rings. The summed E-state index contributed by atoms with van der Waals surface area (Å²) in [5.74, 6) is -0.0877. The molecule has 4 nitrogen and oxygen atoms in total. The molecule has 0 aliphatic carbocycles. The van der Waals surface area contributed by atoms with Gasteiger partial charge in [0.25, 0.3) is 0 Å². The molecule has 0 spiro atoms. The molecule has 1 amide bonds. The van der Waals surface area contributed by atoms with Crippen molar-refractivity contribution in [3.63, 3.8) is 0 Å². The zero-order valence-corrected chi connectivity index (χ0v) is 7.24. The lowest BCUT2D eigenvalue weighted by Gasteiger charge is -2.01. The van der Waals surface area contributed by atoms with E-state index in [4.69, 9.17) is 5.26 Å². The van der Waals surface area contributed by atoms with E-state index in [0.29, 0.717) is 12.2 Å². The summed E-state index contributed by atoms with van der Waals surface area (Å²) in [5.41, 5.74) is 1.24. The molecule has 1 aromatic heterocycles. The molecular formula is C9H9N3O. The average Bonchev–Trinajstić information content (AvgIpc) is 2.15. The Hall–Kier alpha value is -1.89. The second kappa shape index (κ2) is 4.21. The molecule has 1 rings (SSSR count). The number of hydrogen-bond acceptors (Lipinski definition) is 3. The fraction of sp³-hybridized carbons (Fsp3) is 0.222. The van der Waals surface area contributed by atoms with Gasteiger partial charge in [-0.15, -0.1) is 0 Å². The number of pyridine rings is 1. The molecule has 1 heterocycles. The first-order valence-electron chi connectivity index (χ1n) is 3.82. The summed E-state index contributed by atoms with van der Waals surface area (Å²) >= 11 is 0. The van der Waals surface area contributed by atoms with E-state index in [9.17, 15) is 4.79 Å². The minimum absolute atomic E-state index is 0.0877. The van der Waals surface area contributed by atoms with Crippen molar-refractivity contribution >= 4 is 5.91 Å². The van der Waals surface area contributed by atoms with E-state index in [1.54, 1.807) is 18.3 Å². The maximum absolute atomic E-state index is 10.6. The highest BCUT2D eigenvalue weighted by atomic mass is 16.1. The predicted molar refractivity (Wildman–Crippen MR) is 46.5 cm³/mol. The van der Waals surface area contributed by atoms with Crippen LogP contribution in [0.2, 0.25) is 0 Å².